The van der Waals surface area contributed by atoms with E-state index in [1.165, 1.54) is 0 Å². The van der Waals surface area contributed by atoms with Crippen molar-refractivity contribution < 1.29 is 53.3 Å². The molecule has 1 aromatic rings. The fourth-order valence-corrected chi connectivity index (χ4v) is 2.54. The van der Waals surface area contributed by atoms with Crippen molar-refractivity contribution >= 4 is 19.7 Å². The number of carbonyl (C=O) groups is 2. The molecule has 0 spiro atoms. The van der Waals surface area contributed by atoms with Crippen LogP contribution >= 0.6 is 7.60 Å². The number of aliphatic carboxylic acids is 1. The topological polar surface area (TPSA) is 111 Å². The van der Waals surface area contributed by atoms with Crippen molar-refractivity contribution in [1.29, 1.82) is 0 Å². The molecular formula is C12H17LiNO7P. The number of ether oxygens (including phenoxy) is 1. The molecule has 8 nitrogen and oxygen atoms in total. The van der Waals surface area contributed by atoms with Crippen LogP contribution < -0.4 is 24.2 Å². The second-order valence-corrected chi connectivity index (χ2v) is 6.18. The van der Waals surface area contributed by atoms with Crippen molar-refractivity contribution in [3.8, 4) is 0 Å². The Bertz CT molecular complexity index is 537. The number of carbonyl (C=O) groups excluding carboxylic acids is 1. The van der Waals surface area contributed by atoms with Gasteiger partial charge in [0.05, 0.1) is 0 Å². The number of benzene rings is 1. The molecule has 0 fully saturated rings. The van der Waals surface area contributed by atoms with Crippen LogP contribution in [0.15, 0.2) is 30.3 Å². The summed E-state index contributed by atoms with van der Waals surface area (Å²) < 4.78 is 26.0. The van der Waals surface area contributed by atoms with Crippen LogP contribution in [-0.2, 0) is 29.8 Å². The fourth-order valence-electron chi connectivity index (χ4n) is 1.44. The molecule has 0 aliphatic carbocycles. The van der Waals surface area contributed by atoms with Gasteiger partial charge in [-0.25, -0.2) is 9.59 Å². The third kappa shape index (κ3) is 5.83. The zero-order valence-electron chi connectivity index (χ0n) is 13.5. The van der Waals surface area contributed by atoms with Gasteiger partial charge in [0.25, 0.3) is 0 Å². The van der Waals surface area contributed by atoms with E-state index in [4.69, 9.17) is 9.84 Å². The summed E-state index contributed by atoms with van der Waals surface area (Å²) in [7, 11) is -1.96. The molecule has 0 radical (unpaired) electrons. The Morgan fingerprint density at radius 3 is 2.27 bits per heavy atom. The SMILES string of the molecule is COP(=O)(OC)C(NC(=O)OCc1ccccc1)C(=O)O.[H-].[Li+]. The van der Waals surface area contributed by atoms with Crippen LogP contribution in [0.25, 0.3) is 0 Å². The number of alkyl carbamates (subject to hydrolysis) is 1. The minimum absolute atomic E-state index is 0. The molecule has 1 atom stereocenters. The van der Waals surface area contributed by atoms with Crippen molar-refractivity contribution in [3.63, 3.8) is 0 Å². The monoisotopic (exact) mass is 325 g/mol. The number of carboxylic acid groups (broad SMARTS) is 1. The summed E-state index contributed by atoms with van der Waals surface area (Å²) in [6.45, 7) is -0.0523. The average Bonchev–Trinajstić information content (AvgIpc) is 2.50. The Balaban J connectivity index is 0. The van der Waals surface area contributed by atoms with Crippen LogP contribution in [0.4, 0.5) is 4.79 Å². The molecule has 118 valence electrons. The van der Waals surface area contributed by atoms with Crippen molar-refractivity contribution in [2.24, 2.45) is 0 Å². The molecule has 0 aromatic heterocycles. The number of carboxylic acids is 1. The summed E-state index contributed by atoms with van der Waals surface area (Å²) in [5.41, 5.74) is 0.723. The standard InChI is InChI=1S/C12H16NO7P.Li.H/c1-18-21(17,19-2)10(11(14)15)13-12(16)20-8-9-6-4-3-5-7-9;;/h3-7,10H,8H2,1-2H3,(H,13,16)(H,14,15);;/q;+1;-1. The summed E-state index contributed by atoms with van der Waals surface area (Å²) in [5.74, 6) is -3.41. The van der Waals surface area contributed by atoms with E-state index in [0.717, 1.165) is 19.8 Å². The summed E-state index contributed by atoms with van der Waals surface area (Å²) in [6, 6.07) is 8.80. The van der Waals surface area contributed by atoms with Crippen molar-refractivity contribution in [2.45, 2.75) is 12.4 Å². The first-order valence-corrected chi connectivity index (χ1v) is 7.45. The van der Waals surface area contributed by atoms with Gasteiger partial charge in [0, 0.05) is 14.2 Å². The number of hydrogen-bond acceptors (Lipinski definition) is 6. The first-order valence-electron chi connectivity index (χ1n) is 5.84. The smallest absolute Gasteiger partial charge is 1.00 e. The Hall–Kier alpha value is -1.29. The molecule has 0 aliphatic rings. The van der Waals surface area contributed by atoms with E-state index in [1.807, 2.05) is 5.32 Å². The fraction of sp³-hybridized carbons (Fsp3) is 0.333. The number of hydrogen-bond donors (Lipinski definition) is 2. The Labute approximate surface area is 141 Å². The zero-order valence-corrected chi connectivity index (χ0v) is 13.4. The van der Waals surface area contributed by atoms with Crippen molar-refractivity contribution in [3.05, 3.63) is 35.9 Å². The molecule has 1 unspecified atom stereocenters. The molecule has 2 N–H and O–H groups in total. The number of rotatable bonds is 7. The van der Waals surface area contributed by atoms with Gasteiger partial charge < -0.3 is 20.3 Å². The molecule has 0 bridgehead atoms. The van der Waals surface area contributed by atoms with Crippen molar-refractivity contribution in [2.75, 3.05) is 14.2 Å². The van der Waals surface area contributed by atoms with Gasteiger partial charge in [0.1, 0.15) is 6.61 Å². The van der Waals surface area contributed by atoms with E-state index in [-0.39, 0.29) is 26.9 Å². The second kappa shape index (κ2) is 9.67. The minimum atomic E-state index is -4.01. The minimum Gasteiger partial charge on any atom is -1.00 e. The normalized spacial score (nSPS) is 11.9. The van der Waals surface area contributed by atoms with E-state index in [1.54, 1.807) is 30.3 Å². The van der Waals surface area contributed by atoms with Crippen LogP contribution in [0.5, 0.6) is 0 Å². The third-order valence-corrected chi connectivity index (χ3v) is 4.53. The summed E-state index contributed by atoms with van der Waals surface area (Å²) in [6.07, 6.45) is -1.04. The van der Waals surface area contributed by atoms with E-state index in [0.29, 0.717) is 0 Å². The van der Waals surface area contributed by atoms with E-state index in [9.17, 15) is 14.2 Å². The summed E-state index contributed by atoms with van der Waals surface area (Å²) in [4.78, 5) is 22.7. The maximum Gasteiger partial charge on any atom is 1.00 e. The molecule has 1 aromatic carbocycles. The first kappa shape index (κ1) is 20.7. The molecule has 0 saturated carbocycles. The Morgan fingerprint density at radius 1 is 1.27 bits per heavy atom. The summed E-state index contributed by atoms with van der Waals surface area (Å²) >= 11 is 0. The predicted octanol–water partition coefficient (Wildman–Crippen LogP) is -1.07. The van der Waals surface area contributed by atoms with E-state index < -0.39 is 25.4 Å². The molecule has 1 amide bonds. The molecule has 0 saturated heterocycles. The molecule has 1 rings (SSSR count). The van der Waals surface area contributed by atoms with Crippen LogP contribution in [0, 0.1) is 0 Å². The van der Waals surface area contributed by atoms with Gasteiger partial charge in [0.15, 0.2) is 0 Å². The van der Waals surface area contributed by atoms with Crippen LogP contribution in [0.2, 0.25) is 0 Å². The van der Waals surface area contributed by atoms with Gasteiger partial charge in [-0.15, -0.1) is 0 Å². The van der Waals surface area contributed by atoms with Gasteiger partial charge >= 0.3 is 38.5 Å². The van der Waals surface area contributed by atoms with Crippen LogP contribution in [-0.4, -0.2) is 37.2 Å². The third-order valence-electron chi connectivity index (χ3n) is 2.53. The zero-order chi connectivity index (χ0) is 15.9. The number of nitrogens with one attached hydrogen (secondary N) is 1. The summed E-state index contributed by atoms with van der Waals surface area (Å²) in [5, 5.41) is 11.0. The second-order valence-electron chi connectivity index (χ2n) is 3.85. The maximum atomic E-state index is 12.0. The Kier molecular flexibility index (Phi) is 9.10. The quantitative estimate of drug-likeness (QED) is 0.485. The van der Waals surface area contributed by atoms with E-state index in [2.05, 4.69) is 9.05 Å². The molecule has 10 heteroatoms. The van der Waals surface area contributed by atoms with Gasteiger partial charge in [-0.1, -0.05) is 30.3 Å². The molecule has 0 heterocycles. The number of amides is 1. The van der Waals surface area contributed by atoms with E-state index >= 15 is 0 Å². The maximum absolute atomic E-state index is 12.0. The molecular weight excluding hydrogens is 308 g/mol. The predicted molar refractivity (Wildman–Crippen MR) is 73.9 cm³/mol. The van der Waals surface area contributed by atoms with Gasteiger partial charge in [-0.05, 0) is 5.56 Å². The first-order chi connectivity index (χ1) is 9.92. The van der Waals surface area contributed by atoms with Crippen molar-refractivity contribution in [1.82, 2.24) is 5.32 Å². The van der Waals surface area contributed by atoms with Gasteiger partial charge in [-0.3, -0.25) is 9.88 Å². The van der Waals surface area contributed by atoms with Gasteiger partial charge in [-0.2, -0.15) is 0 Å². The average molecular weight is 325 g/mol. The largest absolute Gasteiger partial charge is 1.00 e. The molecule has 0 aliphatic heterocycles. The van der Waals surface area contributed by atoms with Crippen LogP contribution in [0.1, 0.15) is 6.99 Å². The molecule has 22 heavy (non-hydrogen) atoms. The van der Waals surface area contributed by atoms with Crippen LogP contribution in [0.3, 0.4) is 0 Å². The Morgan fingerprint density at radius 2 is 1.82 bits per heavy atom. The van der Waals surface area contributed by atoms with Gasteiger partial charge in [0.2, 0.25) is 5.78 Å².